The van der Waals surface area contributed by atoms with Crippen LogP contribution in [0.5, 0.6) is 0 Å². The van der Waals surface area contributed by atoms with E-state index in [1.54, 1.807) is 19.1 Å². The predicted octanol–water partition coefficient (Wildman–Crippen LogP) is 4.32. The van der Waals surface area contributed by atoms with Crippen molar-refractivity contribution in [1.29, 1.82) is 0 Å². The number of benzene rings is 2. The maximum absolute atomic E-state index is 13.8. The molecule has 2 aromatic rings. The number of hydrogen-bond donors (Lipinski definition) is 2. The summed E-state index contributed by atoms with van der Waals surface area (Å²) in [6.45, 7) is 1.80. The Kier molecular flexibility index (Phi) is 5.04. The van der Waals surface area contributed by atoms with Crippen LogP contribution in [-0.2, 0) is 4.79 Å². The average molecular weight is 361 g/mol. The van der Waals surface area contributed by atoms with E-state index in [4.69, 9.17) is 11.6 Å². The number of carbonyl (C=O) groups is 2. The van der Waals surface area contributed by atoms with Gasteiger partial charge in [0.25, 0.3) is 5.91 Å². The van der Waals surface area contributed by atoms with Crippen molar-refractivity contribution in [2.75, 3.05) is 5.32 Å². The van der Waals surface area contributed by atoms with Gasteiger partial charge in [-0.1, -0.05) is 23.7 Å². The molecule has 0 aliphatic heterocycles. The highest BCUT2D eigenvalue weighted by atomic mass is 35.5. The third kappa shape index (κ3) is 4.37. The van der Waals surface area contributed by atoms with Crippen LogP contribution < -0.4 is 10.6 Å². The molecule has 0 radical (unpaired) electrons. The van der Waals surface area contributed by atoms with E-state index in [-0.39, 0.29) is 23.4 Å². The Morgan fingerprint density at radius 1 is 1.16 bits per heavy atom. The summed E-state index contributed by atoms with van der Waals surface area (Å²) in [7, 11) is 0. The summed E-state index contributed by atoms with van der Waals surface area (Å²) in [5, 5.41) is 5.90. The minimum atomic E-state index is -0.618. The summed E-state index contributed by atoms with van der Waals surface area (Å²) in [4.78, 5) is 24.0. The lowest BCUT2D eigenvalue weighted by atomic mass is 10.1. The molecule has 2 aromatic carbocycles. The molecule has 1 atom stereocenters. The van der Waals surface area contributed by atoms with Crippen molar-refractivity contribution in [3.63, 3.8) is 0 Å². The van der Waals surface area contributed by atoms with E-state index >= 15 is 0 Å². The molecule has 1 saturated carbocycles. The van der Waals surface area contributed by atoms with Crippen molar-refractivity contribution in [2.45, 2.75) is 25.8 Å². The van der Waals surface area contributed by atoms with E-state index in [1.807, 2.05) is 12.1 Å². The van der Waals surface area contributed by atoms with Crippen LogP contribution in [0.25, 0.3) is 0 Å². The normalized spacial score (nSPS) is 14.7. The Morgan fingerprint density at radius 3 is 2.48 bits per heavy atom. The minimum absolute atomic E-state index is 0.0468. The molecular weight excluding hydrogens is 343 g/mol. The second kappa shape index (κ2) is 7.23. The summed E-state index contributed by atoms with van der Waals surface area (Å²) in [5.74, 6) is -0.957. The Hall–Kier alpha value is -2.40. The molecule has 1 aliphatic carbocycles. The second-order valence-corrected chi connectivity index (χ2v) is 6.64. The molecule has 0 bridgehead atoms. The van der Waals surface area contributed by atoms with Gasteiger partial charge in [-0.25, -0.2) is 4.39 Å². The van der Waals surface area contributed by atoms with Crippen molar-refractivity contribution < 1.29 is 14.0 Å². The van der Waals surface area contributed by atoms with Gasteiger partial charge in [-0.3, -0.25) is 9.59 Å². The summed E-state index contributed by atoms with van der Waals surface area (Å²) < 4.78 is 13.8. The number of amides is 2. The standard InChI is InChI=1S/C19H18ClFN2O2/c1-11(22-19(25)16-10-14(20)6-9-17(16)21)12-4-7-15(8-5-12)23-18(24)13-2-3-13/h4-11,13H,2-3H2,1H3,(H,22,25)(H,23,24). The number of rotatable bonds is 5. The van der Waals surface area contributed by atoms with E-state index < -0.39 is 11.7 Å². The number of anilines is 1. The van der Waals surface area contributed by atoms with Crippen molar-refractivity contribution >= 4 is 29.1 Å². The first-order valence-corrected chi connectivity index (χ1v) is 8.48. The maximum atomic E-state index is 13.8. The fourth-order valence-corrected chi connectivity index (χ4v) is 2.65. The smallest absolute Gasteiger partial charge is 0.254 e. The molecule has 6 heteroatoms. The van der Waals surface area contributed by atoms with Gasteiger partial charge < -0.3 is 10.6 Å². The van der Waals surface area contributed by atoms with Gasteiger partial charge in [-0.15, -0.1) is 0 Å². The van der Waals surface area contributed by atoms with Crippen LogP contribution in [0.15, 0.2) is 42.5 Å². The molecule has 25 heavy (non-hydrogen) atoms. The highest BCUT2D eigenvalue weighted by Crippen LogP contribution is 2.30. The fourth-order valence-electron chi connectivity index (χ4n) is 2.47. The molecule has 0 heterocycles. The lowest BCUT2D eigenvalue weighted by Crippen LogP contribution is -2.27. The van der Waals surface area contributed by atoms with Gasteiger partial charge in [-0.05, 0) is 55.7 Å². The second-order valence-electron chi connectivity index (χ2n) is 6.20. The van der Waals surface area contributed by atoms with Gasteiger partial charge in [0, 0.05) is 16.6 Å². The van der Waals surface area contributed by atoms with Crippen molar-refractivity contribution in [3.05, 3.63) is 64.4 Å². The molecule has 2 N–H and O–H groups in total. The average Bonchev–Trinajstić information content (AvgIpc) is 3.42. The summed E-state index contributed by atoms with van der Waals surface area (Å²) in [5.41, 5.74) is 1.48. The SMILES string of the molecule is CC(NC(=O)c1cc(Cl)ccc1F)c1ccc(NC(=O)C2CC2)cc1. The molecule has 1 fully saturated rings. The van der Waals surface area contributed by atoms with Crippen molar-refractivity contribution in [3.8, 4) is 0 Å². The largest absolute Gasteiger partial charge is 0.345 e. The Morgan fingerprint density at radius 2 is 1.84 bits per heavy atom. The molecule has 0 aromatic heterocycles. The lowest BCUT2D eigenvalue weighted by Gasteiger charge is -2.15. The van der Waals surface area contributed by atoms with Gasteiger partial charge in [0.1, 0.15) is 5.82 Å². The van der Waals surface area contributed by atoms with Gasteiger partial charge in [0.05, 0.1) is 11.6 Å². The summed E-state index contributed by atoms with van der Waals surface area (Å²) in [6, 6.07) is 10.8. The Bertz CT molecular complexity index is 804. The van der Waals surface area contributed by atoms with E-state index in [0.29, 0.717) is 5.02 Å². The zero-order valence-corrected chi connectivity index (χ0v) is 14.4. The molecule has 2 amide bonds. The van der Waals surface area contributed by atoms with Gasteiger partial charge in [0.15, 0.2) is 0 Å². The van der Waals surface area contributed by atoms with Crippen LogP contribution >= 0.6 is 11.6 Å². The zero-order chi connectivity index (χ0) is 18.0. The molecule has 3 rings (SSSR count). The summed E-state index contributed by atoms with van der Waals surface area (Å²) in [6.07, 6.45) is 1.90. The van der Waals surface area contributed by atoms with Crippen molar-refractivity contribution in [2.24, 2.45) is 5.92 Å². The highest BCUT2D eigenvalue weighted by Gasteiger charge is 2.29. The number of nitrogens with one attached hydrogen (secondary N) is 2. The highest BCUT2D eigenvalue weighted by molar-refractivity contribution is 6.31. The molecule has 0 spiro atoms. The van der Waals surface area contributed by atoms with Gasteiger partial charge >= 0.3 is 0 Å². The van der Waals surface area contributed by atoms with E-state index in [9.17, 15) is 14.0 Å². The van der Waals surface area contributed by atoms with Crippen LogP contribution in [0.2, 0.25) is 5.02 Å². The number of hydrogen-bond acceptors (Lipinski definition) is 2. The maximum Gasteiger partial charge on any atom is 0.254 e. The van der Waals surface area contributed by atoms with E-state index in [2.05, 4.69) is 10.6 Å². The van der Waals surface area contributed by atoms with Crippen LogP contribution in [0.3, 0.4) is 0 Å². The molecule has 1 unspecified atom stereocenters. The Labute approximate surface area is 150 Å². The first-order chi connectivity index (χ1) is 11.9. The van der Waals surface area contributed by atoms with E-state index in [1.165, 1.54) is 18.2 Å². The number of carbonyl (C=O) groups excluding carboxylic acids is 2. The lowest BCUT2D eigenvalue weighted by molar-refractivity contribution is -0.117. The van der Waals surface area contributed by atoms with Crippen LogP contribution in [0, 0.1) is 11.7 Å². The minimum Gasteiger partial charge on any atom is -0.345 e. The van der Waals surface area contributed by atoms with Crippen molar-refractivity contribution in [1.82, 2.24) is 5.32 Å². The summed E-state index contributed by atoms with van der Waals surface area (Å²) >= 11 is 5.82. The van der Waals surface area contributed by atoms with E-state index in [0.717, 1.165) is 24.1 Å². The predicted molar refractivity (Wildman–Crippen MR) is 95.1 cm³/mol. The van der Waals surface area contributed by atoms with Gasteiger partial charge in [-0.2, -0.15) is 0 Å². The fraction of sp³-hybridized carbons (Fsp3) is 0.263. The van der Waals surface area contributed by atoms with Crippen LogP contribution in [0.4, 0.5) is 10.1 Å². The van der Waals surface area contributed by atoms with Crippen LogP contribution in [-0.4, -0.2) is 11.8 Å². The first-order valence-electron chi connectivity index (χ1n) is 8.11. The topological polar surface area (TPSA) is 58.2 Å². The molecule has 4 nitrogen and oxygen atoms in total. The quantitative estimate of drug-likeness (QED) is 0.834. The molecule has 0 saturated heterocycles. The third-order valence-electron chi connectivity index (χ3n) is 4.15. The number of halogens is 2. The third-order valence-corrected chi connectivity index (χ3v) is 4.38. The monoisotopic (exact) mass is 360 g/mol. The molecular formula is C19H18ClFN2O2. The Balaban J connectivity index is 1.64. The molecule has 1 aliphatic rings. The zero-order valence-electron chi connectivity index (χ0n) is 13.7. The van der Waals surface area contributed by atoms with Gasteiger partial charge in [0.2, 0.25) is 5.91 Å². The molecule has 130 valence electrons. The van der Waals surface area contributed by atoms with Crippen LogP contribution in [0.1, 0.15) is 41.7 Å². The first kappa shape index (κ1) is 17.4.